The number of carboxylic acid groups (broad SMARTS) is 1. The molecule has 2 aliphatic rings. The van der Waals surface area contributed by atoms with E-state index in [1.807, 2.05) is 19.1 Å². The molecular formula is C23H23ClN2O5. The van der Waals surface area contributed by atoms with Gasteiger partial charge in [0.2, 0.25) is 11.8 Å². The van der Waals surface area contributed by atoms with Crippen LogP contribution in [0.5, 0.6) is 0 Å². The summed E-state index contributed by atoms with van der Waals surface area (Å²) in [4.78, 5) is 40.5. The molecule has 162 valence electrons. The Kier molecular flexibility index (Phi) is 5.16. The van der Waals surface area contributed by atoms with Crippen LogP contribution in [-0.2, 0) is 14.4 Å². The lowest BCUT2D eigenvalue weighted by atomic mass is 9.76. The number of carbonyl (C=O) groups is 3. The van der Waals surface area contributed by atoms with E-state index in [0.717, 1.165) is 16.0 Å². The minimum atomic E-state index is -2.01. The van der Waals surface area contributed by atoms with Gasteiger partial charge in [-0.2, -0.15) is 0 Å². The first-order chi connectivity index (χ1) is 14.6. The minimum absolute atomic E-state index is 0.286. The Balaban J connectivity index is 1.90. The average molecular weight is 443 g/mol. The predicted molar refractivity (Wildman–Crippen MR) is 115 cm³/mol. The number of carbonyl (C=O) groups excluding carboxylic acids is 2. The molecule has 0 aliphatic carbocycles. The molecule has 0 radical (unpaired) electrons. The summed E-state index contributed by atoms with van der Waals surface area (Å²) in [6.07, 6.45) is -1.43. The summed E-state index contributed by atoms with van der Waals surface area (Å²) < 4.78 is 0. The summed E-state index contributed by atoms with van der Waals surface area (Å²) in [6.45, 7) is 4.98. The normalized spacial score (nSPS) is 28.7. The quantitative estimate of drug-likeness (QED) is 0.628. The van der Waals surface area contributed by atoms with Crippen molar-refractivity contribution in [2.45, 2.75) is 38.5 Å². The molecule has 2 aromatic carbocycles. The van der Waals surface area contributed by atoms with Gasteiger partial charge in [-0.15, -0.1) is 0 Å². The fourth-order valence-corrected chi connectivity index (χ4v) is 5.05. The number of carboxylic acids is 1. The van der Waals surface area contributed by atoms with Crippen LogP contribution in [0.3, 0.4) is 0 Å². The molecule has 4 rings (SSSR count). The van der Waals surface area contributed by atoms with Crippen molar-refractivity contribution in [2.75, 3.05) is 4.90 Å². The Hall–Kier alpha value is -2.74. The maximum absolute atomic E-state index is 13.6. The highest BCUT2D eigenvalue weighted by molar-refractivity contribution is 6.32. The zero-order valence-corrected chi connectivity index (χ0v) is 18.1. The number of anilines is 1. The molecule has 5 atom stereocenters. The maximum atomic E-state index is 13.6. The van der Waals surface area contributed by atoms with Crippen molar-refractivity contribution in [1.29, 1.82) is 0 Å². The smallest absolute Gasteiger partial charge is 0.327 e. The Labute approximate surface area is 184 Å². The molecule has 3 N–H and O–H groups in total. The van der Waals surface area contributed by atoms with Crippen molar-refractivity contribution in [3.05, 3.63) is 64.2 Å². The number of amides is 2. The van der Waals surface area contributed by atoms with Crippen LogP contribution in [0.2, 0.25) is 5.02 Å². The molecule has 2 aromatic rings. The number of hydrogen-bond acceptors (Lipinski definition) is 5. The second kappa shape index (κ2) is 7.44. The van der Waals surface area contributed by atoms with E-state index in [1.54, 1.807) is 31.2 Å². The highest BCUT2D eigenvalue weighted by atomic mass is 35.5. The molecule has 0 bridgehead atoms. The van der Waals surface area contributed by atoms with Crippen molar-refractivity contribution >= 4 is 35.1 Å². The lowest BCUT2D eigenvalue weighted by molar-refractivity contribution is -0.154. The third-order valence-corrected chi connectivity index (χ3v) is 6.95. The summed E-state index contributed by atoms with van der Waals surface area (Å²) in [7, 11) is 0. The zero-order chi connectivity index (χ0) is 22.7. The van der Waals surface area contributed by atoms with E-state index < -0.39 is 47.3 Å². The monoisotopic (exact) mass is 442 g/mol. The zero-order valence-electron chi connectivity index (χ0n) is 17.3. The van der Waals surface area contributed by atoms with Gasteiger partial charge in [0, 0.05) is 11.1 Å². The molecule has 2 aliphatic heterocycles. The SMILES string of the molecule is Cc1ccc(N2C(=O)C3C(c4ccccc4C)NC(C(=O)O)(C(C)O)C3C2=O)cc1Cl. The molecule has 7 nitrogen and oxygen atoms in total. The van der Waals surface area contributed by atoms with Gasteiger partial charge in [-0.05, 0) is 49.6 Å². The molecule has 0 saturated carbocycles. The molecule has 2 amide bonds. The summed E-state index contributed by atoms with van der Waals surface area (Å²) in [5.41, 5.74) is 0.628. The first-order valence-electron chi connectivity index (χ1n) is 10.00. The number of aliphatic hydroxyl groups is 1. The van der Waals surface area contributed by atoms with Crippen LogP contribution < -0.4 is 10.2 Å². The highest BCUT2D eigenvalue weighted by Crippen LogP contribution is 2.51. The van der Waals surface area contributed by atoms with E-state index in [0.29, 0.717) is 10.6 Å². The lowest BCUT2D eigenvalue weighted by Crippen LogP contribution is -2.62. The van der Waals surface area contributed by atoms with Crippen molar-refractivity contribution in [3.8, 4) is 0 Å². The molecular weight excluding hydrogens is 420 g/mol. The highest BCUT2D eigenvalue weighted by Gasteiger charge is 2.70. The molecule has 2 fully saturated rings. The van der Waals surface area contributed by atoms with Crippen LogP contribution in [0.25, 0.3) is 0 Å². The van der Waals surface area contributed by atoms with Gasteiger partial charge in [-0.25, -0.2) is 4.90 Å². The standard InChI is InChI=1S/C23H23ClN2O5/c1-11-6-4-5-7-15(11)19-17-18(23(25-19,13(3)27)22(30)31)21(29)26(20(17)28)14-9-8-12(2)16(24)10-14/h4-10,13,17-19,25,27H,1-3H3,(H,30,31). The minimum Gasteiger partial charge on any atom is -0.480 e. The van der Waals surface area contributed by atoms with Crippen LogP contribution in [0.1, 0.15) is 29.7 Å². The molecule has 0 spiro atoms. The molecule has 2 saturated heterocycles. The van der Waals surface area contributed by atoms with Crippen molar-refractivity contribution in [2.24, 2.45) is 11.8 Å². The van der Waals surface area contributed by atoms with Crippen molar-refractivity contribution in [3.63, 3.8) is 0 Å². The number of imide groups is 1. The summed E-state index contributed by atoms with van der Waals surface area (Å²) >= 11 is 6.21. The number of halogens is 1. The number of nitrogens with zero attached hydrogens (tertiary/aromatic N) is 1. The van der Waals surface area contributed by atoms with E-state index in [2.05, 4.69) is 5.32 Å². The van der Waals surface area contributed by atoms with Crippen molar-refractivity contribution in [1.82, 2.24) is 5.32 Å². The van der Waals surface area contributed by atoms with E-state index in [-0.39, 0.29) is 5.69 Å². The molecule has 2 heterocycles. The van der Waals surface area contributed by atoms with Gasteiger partial charge in [0.1, 0.15) is 0 Å². The number of aryl methyl sites for hydroxylation is 2. The molecule has 31 heavy (non-hydrogen) atoms. The molecule has 0 aromatic heterocycles. The largest absolute Gasteiger partial charge is 0.480 e. The average Bonchev–Trinajstić information content (AvgIpc) is 3.20. The van der Waals surface area contributed by atoms with Gasteiger partial charge in [0.15, 0.2) is 5.54 Å². The predicted octanol–water partition coefficient (Wildman–Crippen LogP) is 2.61. The fourth-order valence-electron chi connectivity index (χ4n) is 4.88. The van der Waals surface area contributed by atoms with Gasteiger partial charge in [0.05, 0.1) is 23.6 Å². The van der Waals surface area contributed by atoms with Crippen LogP contribution in [0, 0.1) is 25.7 Å². The van der Waals surface area contributed by atoms with Crippen LogP contribution in [0.4, 0.5) is 5.69 Å². The van der Waals surface area contributed by atoms with Crippen LogP contribution in [-0.4, -0.2) is 39.6 Å². The van der Waals surface area contributed by atoms with Gasteiger partial charge in [-0.3, -0.25) is 19.7 Å². The second-order valence-electron chi connectivity index (χ2n) is 8.28. The number of aliphatic hydroxyl groups excluding tert-OH is 1. The summed E-state index contributed by atoms with van der Waals surface area (Å²) in [5.74, 6) is -4.82. The second-order valence-corrected chi connectivity index (χ2v) is 8.68. The van der Waals surface area contributed by atoms with Gasteiger partial charge in [0.25, 0.3) is 0 Å². The topological polar surface area (TPSA) is 107 Å². The maximum Gasteiger partial charge on any atom is 0.327 e. The van der Waals surface area contributed by atoms with Gasteiger partial charge < -0.3 is 10.2 Å². The van der Waals surface area contributed by atoms with Crippen LogP contribution >= 0.6 is 11.6 Å². The first-order valence-corrected chi connectivity index (χ1v) is 10.4. The first kappa shape index (κ1) is 21.5. The number of aliphatic carboxylic acids is 1. The molecule has 8 heteroatoms. The Morgan fingerprint density at radius 3 is 2.39 bits per heavy atom. The van der Waals surface area contributed by atoms with E-state index in [9.17, 15) is 24.6 Å². The van der Waals surface area contributed by atoms with Crippen molar-refractivity contribution < 1.29 is 24.6 Å². The number of hydrogen-bond donors (Lipinski definition) is 3. The number of fused-ring (bicyclic) bond motifs is 1. The summed E-state index contributed by atoms with van der Waals surface area (Å²) in [6, 6.07) is 11.4. The summed E-state index contributed by atoms with van der Waals surface area (Å²) in [5, 5.41) is 24.0. The van der Waals surface area contributed by atoms with E-state index >= 15 is 0 Å². The Morgan fingerprint density at radius 1 is 1.13 bits per heavy atom. The van der Waals surface area contributed by atoms with Crippen LogP contribution in [0.15, 0.2) is 42.5 Å². The Bertz CT molecular complexity index is 1100. The fraction of sp³-hybridized carbons (Fsp3) is 0.348. The number of nitrogens with one attached hydrogen (secondary N) is 1. The van der Waals surface area contributed by atoms with Gasteiger partial charge in [-0.1, -0.05) is 41.9 Å². The third-order valence-electron chi connectivity index (χ3n) is 6.55. The molecule has 5 unspecified atom stereocenters. The van der Waals surface area contributed by atoms with E-state index in [1.165, 1.54) is 13.0 Å². The lowest BCUT2D eigenvalue weighted by Gasteiger charge is -2.33. The van der Waals surface area contributed by atoms with E-state index in [4.69, 9.17) is 11.6 Å². The van der Waals surface area contributed by atoms with Gasteiger partial charge >= 0.3 is 5.97 Å². The number of rotatable bonds is 4. The third kappa shape index (κ3) is 2.99. The Morgan fingerprint density at radius 2 is 1.81 bits per heavy atom. The number of benzene rings is 2.